The van der Waals surface area contributed by atoms with Crippen LogP contribution < -0.4 is 0 Å². The minimum atomic E-state index is -3.11. The van der Waals surface area contributed by atoms with Crippen LogP contribution in [0.4, 0.5) is 0 Å². The first-order valence-corrected chi connectivity index (χ1v) is 6.46. The first kappa shape index (κ1) is 8.26. The van der Waals surface area contributed by atoms with Gasteiger partial charge in [-0.05, 0) is 28.6 Å². The van der Waals surface area contributed by atoms with Crippen LogP contribution in [0.1, 0.15) is 31.5 Å². The van der Waals surface area contributed by atoms with E-state index in [0.29, 0.717) is 5.69 Å². The molecule has 0 fully saturated rings. The Bertz CT molecular complexity index is 1350. The molecule has 0 bridgehead atoms. The maximum atomic E-state index is 10.8. The molecule has 2 aromatic carbocycles. The molecule has 0 saturated heterocycles. The Balaban J connectivity index is 0.000000420. The quantitative estimate of drug-likeness (QED) is 0.315. The fraction of sp³-hybridized carbons (Fsp3) is 0.100. The Hall–Kier alpha value is -2.49. The maximum Gasteiger partial charge on any atom is 0.155 e. The van der Waals surface area contributed by atoms with Crippen molar-refractivity contribution < 1.29 is 47.8 Å². The minimum Gasteiger partial charge on any atom is -0.512 e. The predicted molar refractivity (Wildman–Crippen MR) is 94.9 cm³/mol. The van der Waals surface area contributed by atoms with Crippen molar-refractivity contribution in [2.24, 2.45) is 0 Å². The predicted octanol–water partition coefficient (Wildman–Crippen LogP) is 4.37. The molecule has 0 unspecified atom stereocenters. The third-order valence-electron chi connectivity index (χ3n) is 2.51. The van der Waals surface area contributed by atoms with Gasteiger partial charge in [0.25, 0.3) is 0 Å². The van der Waals surface area contributed by atoms with Crippen LogP contribution in [0.15, 0.2) is 78.7 Å². The van der Waals surface area contributed by atoms with E-state index in [0.717, 1.165) is 0 Å². The summed E-state index contributed by atoms with van der Waals surface area (Å²) >= 11 is 0. The number of benzene rings is 2. The van der Waals surface area contributed by atoms with Crippen molar-refractivity contribution >= 4 is 5.78 Å². The molecule has 0 aliphatic rings. The fourth-order valence-electron chi connectivity index (χ4n) is 1.63. The molecule has 3 aromatic rings. The largest absolute Gasteiger partial charge is 0.512 e. The zero-order valence-corrected chi connectivity index (χ0v) is 14.9. The molecule has 1 heterocycles. The summed E-state index contributed by atoms with van der Waals surface area (Å²) in [6.45, 7) is -6.16. The first-order chi connectivity index (χ1) is 16.9. The van der Waals surface area contributed by atoms with Crippen molar-refractivity contribution in [2.45, 2.75) is 13.7 Å². The van der Waals surface area contributed by atoms with E-state index < -0.39 is 37.3 Å². The van der Waals surface area contributed by atoms with Crippen LogP contribution in [0.25, 0.3) is 17.1 Å². The Morgan fingerprint density at radius 2 is 2.16 bits per heavy atom. The number of para-hydroxylation sites is 1. The Kier molecular flexibility index (Phi) is 3.43. The number of nitrogens with zero attached hydrogens (tertiary/aromatic N) is 2. The van der Waals surface area contributed by atoms with Gasteiger partial charge >= 0.3 is 0 Å². The van der Waals surface area contributed by atoms with Crippen molar-refractivity contribution in [1.29, 1.82) is 0 Å². The zero-order valence-electron chi connectivity index (χ0n) is 25.5. The topological polar surface area (TPSA) is 55.1 Å². The Morgan fingerprint density at radius 1 is 1.36 bits per heavy atom. The summed E-state index contributed by atoms with van der Waals surface area (Å²) in [6, 6.07) is 8.59. The summed E-state index contributed by atoms with van der Waals surface area (Å²) in [7, 11) is 0. The molecule has 1 aromatic heterocycles. The van der Waals surface area contributed by atoms with E-state index in [4.69, 9.17) is 22.9 Å². The van der Waals surface area contributed by atoms with Crippen molar-refractivity contribution in [2.75, 3.05) is 0 Å². The van der Waals surface area contributed by atoms with Gasteiger partial charge in [0, 0.05) is 55.2 Å². The zero-order chi connectivity index (χ0) is 28.5. The van der Waals surface area contributed by atoms with Gasteiger partial charge in [-0.25, -0.2) is 0 Å². The van der Waals surface area contributed by atoms with Crippen LogP contribution in [0.3, 0.4) is 0 Å². The molecule has 5 heteroatoms. The fourth-order valence-corrected chi connectivity index (χ4v) is 1.63. The summed E-state index contributed by atoms with van der Waals surface area (Å²) in [5.74, 6) is -3.09. The molecule has 0 amide bonds. The number of aliphatic hydroxyl groups is 1. The Labute approximate surface area is 179 Å². The van der Waals surface area contributed by atoms with E-state index in [9.17, 15) is 4.79 Å². The normalized spacial score (nSPS) is 19.1. The number of allylic oxidation sites excluding steroid dienone is 2. The summed E-state index contributed by atoms with van der Waals surface area (Å²) in [6.07, 6.45) is -0.434. The second kappa shape index (κ2) is 10.4. The molecule has 1 radical (unpaired) electrons. The van der Waals surface area contributed by atoms with Crippen molar-refractivity contribution in [3.8, 4) is 17.1 Å². The number of carbonyl (C=O) groups excluding carboxylic acids is 1. The SMILES string of the molecule is [2H]/C(C(=O)C([2H])([2H])[2H])=C(/O)C([2H])([2H])[2H].[2H]c1[c-]c(-c2nc([2H])c([2H])n2-c2ccccc2)c([2H])c([2H])c1[2H].[Ir]. The molecule has 0 atom stereocenters. The van der Waals surface area contributed by atoms with Gasteiger partial charge in [-0.2, -0.15) is 0 Å². The number of ketones is 1. The molecular weight excluding hydrogens is 492 g/mol. The van der Waals surface area contributed by atoms with Crippen LogP contribution in [-0.4, -0.2) is 20.4 Å². The van der Waals surface area contributed by atoms with Crippen molar-refractivity contribution in [1.82, 2.24) is 9.55 Å². The van der Waals surface area contributed by atoms with Crippen LogP contribution in [-0.2, 0) is 24.9 Å². The minimum absolute atomic E-state index is 0. The molecule has 0 aliphatic carbocycles. The molecule has 0 aliphatic heterocycles. The van der Waals surface area contributed by atoms with Crippen molar-refractivity contribution in [3.05, 3.63) is 84.7 Å². The number of carbonyl (C=O) groups is 1. The smallest absolute Gasteiger partial charge is 0.155 e. The second-order valence-electron chi connectivity index (χ2n) is 4.13. The maximum absolute atomic E-state index is 10.8. The molecular formula is C20H19IrN2O2-. The number of imidazole rings is 1. The molecule has 131 valence electrons. The van der Waals surface area contributed by atoms with E-state index in [1.165, 1.54) is 4.57 Å². The molecule has 3 rings (SSSR count). The number of hydrogen-bond donors (Lipinski definition) is 1. The molecule has 25 heavy (non-hydrogen) atoms. The monoisotopic (exact) mass is 525 g/mol. The van der Waals surface area contributed by atoms with Gasteiger partial charge < -0.3 is 9.67 Å². The number of aliphatic hydroxyl groups excluding tert-OH is 1. The van der Waals surface area contributed by atoms with Gasteiger partial charge in [0.1, 0.15) is 0 Å². The standard InChI is InChI=1S/C15H11N2.C5H8O2.Ir/c1-3-7-13(8-4-1)15-16-11-12-17(15)14-9-5-2-6-10-14;1-4(6)3-5(2)7;/h1-7,9-12H;3,6H,1-2H3;/q-1;;/b;4-3-;/i1D,3D,4D,7D,11D,12D;1D3,2D3,3D;. The van der Waals surface area contributed by atoms with Gasteiger partial charge in [0.05, 0.1) is 15.7 Å². The second-order valence-corrected chi connectivity index (χ2v) is 4.13. The van der Waals surface area contributed by atoms with Gasteiger partial charge in [0.15, 0.2) is 5.78 Å². The van der Waals surface area contributed by atoms with Crippen LogP contribution in [0.5, 0.6) is 0 Å². The van der Waals surface area contributed by atoms with Gasteiger partial charge in [0.2, 0.25) is 0 Å². The van der Waals surface area contributed by atoms with Gasteiger partial charge in [-0.1, -0.05) is 18.2 Å². The van der Waals surface area contributed by atoms with Crippen LogP contribution in [0.2, 0.25) is 0 Å². The van der Waals surface area contributed by atoms with E-state index in [-0.39, 0.29) is 62.0 Å². The molecule has 0 saturated carbocycles. The van der Waals surface area contributed by atoms with E-state index in [2.05, 4.69) is 11.1 Å². The third kappa shape index (κ3) is 6.49. The summed E-state index contributed by atoms with van der Waals surface area (Å²) in [4.78, 5) is 14.8. The first-order valence-electron chi connectivity index (χ1n) is 13.0. The average Bonchev–Trinajstić information content (AvgIpc) is 3.12. The molecule has 1 N–H and O–H groups in total. The molecule has 4 nitrogen and oxygen atoms in total. The molecule has 0 spiro atoms. The van der Waals surface area contributed by atoms with Gasteiger partial charge in [-0.15, -0.1) is 35.8 Å². The van der Waals surface area contributed by atoms with Crippen molar-refractivity contribution in [3.63, 3.8) is 0 Å². The van der Waals surface area contributed by atoms with Gasteiger partial charge in [-0.3, -0.25) is 9.78 Å². The average molecular weight is 525 g/mol. The number of aromatic nitrogens is 2. The van der Waals surface area contributed by atoms with E-state index in [1.807, 2.05) is 6.07 Å². The Morgan fingerprint density at radius 3 is 2.88 bits per heavy atom. The van der Waals surface area contributed by atoms with E-state index >= 15 is 0 Å². The number of rotatable bonds is 3. The summed E-state index contributed by atoms with van der Waals surface area (Å²) < 4.78 is 94.8. The van der Waals surface area contributed by atoms with Crippen LogP contribution >= 0.6 is 0 Å². The van der Waals surface area contributed by atoms with Crippen LogP contribution in [0, 0.1) is 6.07 Å². The summed E-state index contributed by atoms with van der Waals surface area (Å²) in [5.41, 5.74) is 0.617. The summed E-state index contributed by atoms with van der Waals surface area (Å²) in [5, 5.41) is 8.85. The van der Waals surface area contributed by atoms with E-state index in [1.54, 1.807) is 24.3 Å². The number of hydrogen-bond acceptors (Lipinski definition) is 3. The third-order valence-corrected chi connectivity index (χ3v) is 2.51.